The first-order chi connectivity index (χ1) is 16.3. The third-order valence-electron chi connectivity index (χ3n) is 5.33. The molecule has 0 aliphatic rings. The highest BCUT2D eigenvalue weighted by atomic mass is 127. The highest BCUT2D eigenvalue weighted by Crippen LogP contribution is 2.18. The van der Waals surface area contributed by atoms with Crippen molar-refractivity contribution in [3.63, 3.8) is 0 Å². The highest BCUT2D eigenvalue weighted by Gasteiger charge is 2.26. The van der Waals surface area contributed by atoms with E-state index in [0.717, 1.165) is 25.6 Å². The van der Waals surface area contributed by atoms with Crippen LogP contribution in [0.5, 0.6) is 0 Å². The zero-order valence-corrected chi connectivity index (χ0v) is 21.3. The molecule has 4 rings (SSSR count). The number of halogens is 1. The van der Waals surface area contributed by atoms with Crippen molar-refractivity contribution in [1.29, 1.82) is 0 Å². The summed E-state index contributed by atoms with van der Waals surface area (Å²) in [6.07, 6.45) is 3.66. The van der Waals surface area contributed by atoms with E-state index in [1.54, 1.807) is 18.3 Å². The average Bonchev–Trinajstić information content (AvgIpc) is 3.15. The number of carbonyl (C=O) groups is 1. The van der Waals surface area contributed by atoms with Crippen molar-refractivity contribution in [3.8, 4) is 0 Å². The number of carbonyl (C=O) groups excluding carboxylic acids is 1. The van der Waals surface area contributed by atoms with E-state index in [4.69, 9.17) is 0 Å². The van der Waals surface area contributed by atoms with E-state index in [9.17, 15) is 13.2 Å². The minimum atomic E-state index is -3.91. The molecule has 0 aliphatic heterocycles. The number of amides is 1. The van der Waals surface area contributed by atoms with Crippen molar-refractivity contribution in [1.82, 2.24) is 14.7 Å². The molecule has 9 heteroatoms. The van der Waals surface area contributed by atoms with E-state index in [1.165, 1.54) is 12.1 Å². The Balaban J connectivity index is 1.54. The average molecular weight is 586 g/mol. The number of nitrogens with zero attached hydrogens (tertiary/aromatic N) is 2. The molecule has 0 saturated heterocycles. The predicted octanol–water partition coefficient (Wildman–Crippen LogP) is 3.82. The Labute approximate surface area is 212 Å². The monoisotopic (exact) mass is 586 g/mol. The van der Waals surface area contributed by atoms with Gasteiger partial charge in [-0.05, 0) is 64.9 Å². The second-order valence-electron chi connectivity index (χ2n) is 7.76. The molecule has 0 spiro atoms. The van der Waals surface area contributed by atoms with Crippen LogP contribution in [0.25, 0.3) is 10.9 Å². The molecular formula is C25H23IN4O3S. The summed E-state index contributed by atoms with van der Waals surface area (Å²) in [4.78, 5) is 13.1. The summed E-state index contributed by atoms with van der Waals surface area (Å²) in [5.74, 6) is -0.547. The van der Waals surface area contributed by atoms with Gasteiger partial charge in [-0.25, -0.2) is 13.8 Å². The molecule has 4 aromatic rings. The molecule has 0 bridgehead atoms. The molecule has 1 heterocycles. The van der Waals surface area contributed by atoms with Crippen LogP contribution >= 0.6 is 22.6 Å². The Morgan fingerprint density at radius 1 is 1.03 bits per heavy atom. The standard InChI is InChI=1S/C25H23IN4O3S/c1-30-17-19(22-9-5-6-10-24(22)30)16-27-28-25(31)23(15-18-7-3-2-4-8-18)29-34(32,33)21-13-11-20(26)12-14-21/h2-14,16-17,23,29H,15H2,1H3,(H,28,31)/b27-16-/t23-/m0/s1. The quantitative estimate of drug-likeness (QED) is 0.187. The van der Waals surface area contributed by atoms with Gasteiger partial charge in [-0.15, -0.1) is 0 Å². The van der Waals surface area contributed by atoms with Crippen molar-refractivity contribution in [2.75, 3.05) is 0 Å². The normalized spacial score (nSPS) is 12.8. The second kappa shape index (κ2) is 10.5. The highest BCUT2D eigenvalue weighted by molar-refractivity contribution is 14.1. The van der Waals surface area contributed by atoms with Gasteiger partial charge >= 0.3 is 0 Å². The van der Waals surface area contributed by atoms with Gasteiger partial charge in [0.15, 0.2) is 0 Å². The zero-order chi connectivity index (χ0) is 24.1. The maximum absolute atomic E-state index is 13.0. The fraction of sp³-hybridized carbons (Fsp3) is 0.120. The summed E-state index contributed by atoms with van der Waals surface area (Å²) < 4.78 is 31.3. The van der Waals surface area contributed by atoms with Crippen LogP contribution in [0.15, 0.2) is 95.1 Å². The lowest BCUT2D eigenvalue weighted by Crippen LogP contribution is -2.46. The molecule has 0 fully saturated rings. The third-order valence-corrected chi connectivity index (χ3v) is 7.53. The van der Waals surface area contributed by atoms with E-state index in [2.05, 4.69) is 37.8 Å². The van der Waals surface area contributed by atoms with Crippen LogP contribution in [-0.2, 0) is 28.3 Å². The minimum Gasteiger partial charge on any atom is -0.350 e. The SMILES string of the molecule is Cn1cc(/C=N\NC(=O)[C@H](Cc2ccccc2)NS(=O)(=O)c2ccc(I)cc2)c2ccccc21. The Morgan fingerprint density at radius 2 is 1.71 bits per heavy atom. The number of hydrogen-bond acceptors (Lipinski definition) is 4. The number of sulfonamides is 1. The van der Waals surface area contributed by atoms with Crippen LogP contribution in [0.3, 0.4) is 0 Å². The molecule has 7 nitrogen and oxygen atoms in total. The van der Waals surface area contributed by atoms with Gasteiger partial charge in [0, 0.05) is 33.3 Å². The van der Waals surface area contributed by atoms with Crippen LogP contribution in [0.4, 0.5) is 0 Å². The zero-order valence-electron chi connectivity index (χ0n) is 18.4. The second-order valence-corrected chi connectivity index (χ2v) is 10.7. The number of hydrazone groups is 1. The summed E-state index contributed by atoms with van der Waals surface area (Å²) >= 11 is 2.11. The summed E-state index contributed by atoms with van der Waals surface area (Å²) in [5, 5.41) is 5.11. The largest absolute Gasteiger partial charge is 0.350 e. The lowest BCUT2D eigenvalue weighted by Gasteiger charge is -2.17. The van der Waals surface area contributed by atoms with Gasteiger partial charge in [0.1, 0.15) is 6.04 Å². The fourth-order valence-electron chi connectivity index (χ4n) is 3.63. The Morgan fingerprint density at radius 3 is 2.44 bits per heavy atom. The van der Waals surface area contributed by atoms with Crippen molar-refractivity contribution in [3.05, 3.63) is 99.8 Å². The van der Waals surface area contributed by atoms with Crippen molar-refractivity contribution >= 4 is 55.6 Å². The minimum absolute atomic E-state index is 0.0954. The first kappa shape index (κ1) is 24.1. The first-order valence-corrected chi connectivity index (χ1v) is 13.1. The summed E-state index contributed by atoms with van der Waals surface area (Å²) in [6.45, 7) is 0. The number of rotatable bonds is 8. The third kappa shape index (κ3) is 5.72. The maximum Gasteiger partial charge on any atom is 0.258 e. The number of nitrogens with one attached hydrogen (secondary N) is 2. The van der Waals surface area contributed by atoms with Gasteiger partial charge in [-0.1, -0.05) is 48.5 Å². The van der Waals surface area contributed by atoms with Gasteiger partial charge in [0.2, 0.25) is 10.0 Å². The van der Waals surface area contributed by atoms with Crippen LogP contribution in [0, 0.1) is 3.57 Å². The van der Waals surface area contributed by atoms with E-state index in [-0.39, 0.29) is 11.3 Å². The molecule has 1 amide bonds. The van der Waals surface area contributed by atoms with Crippen molar-refractivity contribution in [2.24, 2.45) is 12.1 Å². The van der Waals surface area contributed by atoms with Gasteiger partial charge in [0.25, 0.3) is 5.91 Å². The topological polar surface area (TPSA) is 92.6 Å². The van der Waals surface area contributed by atoms with E-state index in [0.29, 0.717) is 0 Å². The van der Waals surface area contributed by atoms with E-state index in [1.807, 2.05) is 72.4 Å². The molecule has 3 aromatic carbocycles. The van der Waals surface area contributed by atoms with Gasteiger partial charge in [0.05, 0.1) is 11.1 Å². The number of benzene rings is 3. The van der Waals surface area contributed by atoms with Gasteiger partial charge in [-0.3, -0.25) is 4.79 Å². The number of fused-ring (bicyclic) bond motifs is 1. The molecule has 0 unspecified atom stereocenters. The van der Waals surface area contributed by atoms with E-state index < -0.39 is 22.0 Å². The number of para-hydroxylation sites is 1. The maximum atomic E-state index is 13.0. The summed E-state index contributed by atoms with van der Waals surface area (Å²) in [7, 11) is -1.98. The van der Waals surface area contributed by atoms with Crippen LogP contribution in [-0.4, -0.2) is 31.1 Å². The van der Waals surface area contributed by atoms with Crippen LogP contribution in [0.1, 0.15) is 11.1 Å². The molecular weight excluding hydrogens is 563 g/mol. The molecule has 2 N–H and O–H groups in total. The molecule has 0 radical (unpaired) electrons. The van der Waals surface area contributed by atoms with Crippen molar-refractivity contribution in [2.45, 2.75) is 17.4 Å². The summed E-state index contributed by atoms with van der Waals surface area (Å²) in [5.41, 5.74) is 5.22. The smallest absolute Gasteiger partial charge is 0.258 e. The lowest BCUT2D eigenvalue weighted by atomic mass is 10.1. The van der Waals surface area contributed by atoms with Crippen LogP contribution < -0.4 is 10.1 Å². The molecule has 1 aromatic heterocycles. The number of aromatic nitrogens is 1. The Bertz CT molecular complexity index is 1430. The molecule has 174 valence electrons. The van der Waals surface area contributed by atoms with E-state index >= 15 is 0 Å². The molecule has 0 aliphatic carbocycles. The lowest BCUT2D eigenvalue weighted by molar-refractivity contribution is -0.122. The predicted molar refractivity (Wildman–Crippen MR) is 142 cm³/mol. The molecule has 0 saturated carbocycles. The Kier molecular flexibility index (Phi) is 7.44. The summed E-state index contributed by atoms with van der Waals surface area (Å²) in [6, 6.07) is 22.5. The van der Waals surface area contributed by atoms with Gasteiger partial charge < -0.3 is 4.57 Å². The number of aryl methyl sites for hydroxylation is 1. The molecule has 1 atom stereocenters. The van der Waals surface area contributed by atoms with Gasteiger partial charge in [-0.2, -0.15) is 9.82 Å². The Hall–Kier alpha value is -3.02. The first-order valence-electron chi connectivity index (χ1n) is 10.5. The van der Waals surface area contributed by atoms with Crippen molar-refractivity contribution < 1.29 is 13.2 Å². The fourth-order valence-corrected chi connectivity index (χ4v) is 5.18. The molecule has 34 heavy (non-hydrogen) atoms. The van der Waals surface area contributed by atoms with Crippen LogP contribution in [0.2, 0.25) is 0 Å². The number of hydrogen-bond donors (Lipinski definition) is 2.